The number of halogens is 3. The fraction of sp³-hybridized carbons (Fsp3) is 0.375. The van der Waals surface area contributed by atoms with Crippen molar-refractivity contribution in [3.63, 3.8) is 0 Å². The number of fused-ring (bicyclic) bond motifs is 1. The molecule has 0 radical (unpaired) electrons. The van der Waals surface area contributed by atoms with E-state index in [0.717, 1.165) is 12.1 Å². The molecule has 3 rings (SSSR count). The minimum atomic E-state index is -4.39. The van der Waals surface area contributed by atoms with Crippen LogP contribution in [0, 0.1) is 0 Å². The minimum absolute atomic E-state index is 0.125. The number of hydrogen-bond acceptors (Lipinski definition) is 7. The monoisotopic (exact) mass is 380 g/mol. The van der Waals surface area contributed by atoms with Crippen LogP contribution in [0.15, 0.2) is 18.2 Å². The summed E-state index contributed by atoms with van der Waals surface area (Å²) in [6, 6.07) is 3.43. The van der Waals surface area contributed by atoms with E-state index in [1.807, 2.05) is 11.9 Å². The predicted octanol–water partition coefficient (Wildman–Crippen LogP) is 2.05. The highest BCUT2D eigenvalue weighted by Gasteiger charge is 2.30. The van der Waals surface area contributed by atoms with Gasteiger partial charge in [0, 0.05) is 14.1 Å². The number of H-pyrrole nitrogens is 1. The molecule has 8 nitrogen and oxygen atoms in total. The number of nitrogens with zero attached hydrogens (tertiary/aromatic N) is 6. The number of nitrogen functional groups attached to an aromatic ring is 1. The first-order chi connectivity index (χ1) is 12.6. The highest BCUT2D eigenvalue weighted by atomic mass is 19.4. The summed E-state index contributed by atoms with van der Waals surface area (Å²) in [5.41, 5.74) is 5.81. The van der Waals surface area contributed by atoms with Crippen LogP contribution >= 0.6 is 0 Å². The molecule has 2 heterocycles. The number of benzene rings is 1. The van der Waals surface area contributed by atoms with Crippen molar-refractivity contribution in [2.45, 2.75) is 19.3 Å². The third-order valence-electron chi connectivity index (χ3n) is 3.78. The second kappa shape index (κ2) is 6.99. The summed E-state index contributed by atoms with van der Waals surface area (Å²) in [7, 11) is 5.42. The number of aromatic nitrogens is 5. The van der Waals surface area contributed by atoms with Crippen LogP contribution in [-0.4, -0.2) is 51.0 Å². The summed E-state index contributed by atoms with van der Waals surface area (Å²) in [6.45, 7) is 0.747. The van der Waals surface area contributed by atoms with Crippen molar-refractivity contribution in [3.8, 4) is 0 Å². The molecule has 0 aliphatic heterocycles. The molecule has 0 bridgehead atoms. The molecule has 0 amide bonds. The lowest BCUT2D eigenvalue weighted by Gasteiger charge is -2.16. The van der Waals surface area contributed by atoms with Crippen LogP contribution in [0.25, 0.3) is 11.0 Å². The van der Waals surface area contributed by atoms with Gasteiger partial charge in [-0.25, -0.2) is 4.98 Å². The van der Waals surface area contributed by atoms with E-state index < -0.39 is 11.7 Å². The van der Waals surface area contributed by atoms with E-state index >= 15 is 0 Å². The molecule has 0 atom stereocenters. The van der Waals surface area contributed by atoms with Crippen LogP contribution in [0.2, 0.25) is 0 Å². The maximum absolute atomic E-state index is 12.8. The largest absolute Gasteiger partial charge is 0.416 e. The number of nitrogens with two attached hydrogens (primary N) is 1. The lowest BCUT2D eigenvalue weighted by molar-refractivity contribution is -0.137. The normalized spacial score (nSPS) is 12.1. The van der Waals surface area contributed by atoms with E-state index in [1.165, 1.54) is 6.07 Å². The van der Waals surface area contributed by atoms with Crippen LogP contribution in [0.5, 0.6) is 0 Å². The average Bonchev–Trinajstić information content (AvgIpc) is 2.94. The van der Waals surface area contributed by atoms with Gasteiger partial charge in [0.25, 0.3) is 0 Å². The molecule has 0 unspecified atom stereocenters. The Hall–Kier alpha value is -2.95. The van der Waals surface area contributed by atoms with Gasteiger partial charge in [-0.3, -0.25) is 4.90 Å². The van der Waals surface area contributed by atoms with Crippen molar-refractivity contribution in [2.75, 3.05) is 31.8 Å². The maximum Gasteiger partial charge on any atom is 0.416 e. The van der Waals surface area contributed by atoms with E-state index in [1.54, 1.807) is 19.0 Å². The second-order valence-electron chi connectivity index (χ2n) is 6.39. The first-order valence-electron chi connectivity index (χ1n) is 8.04. The van der Waals surface area contributed by atoms with Crippen LogP contribution in [0.4, 0.5) is 25.1 Å². The molecule has 144 valence electrons. The average molecular weight is 380 g/mol. The zero-order valence-electron chi connectivity index (χ0n) is 15.0. The summed E-state index contributed by atoms with van der Waals surface area (Å²) in [5.74, 6) is 1.61. The SMILES string of the molecule is CN(Cc1nc(N)nc(N(C)C)n1)Cc1nc2ccc(C(F)(F)F)cc2[nH]1. The van der Waals surface area contributed by atoms with Gasteiger partial charge in [0.15, 0.2) is 0 Å². The van der Waals surface area contributed by atoms with Gasteiger partial charge in [-0.05, 0) is 25.2 Å². The summed E-state index contributed by atoms with van der Waals surface area (Å²) < 4.78 is 38.5. The molecule has 0 aliphatic carbocycles. The summed E-state index contributed by atoms with van der Waals surface area (Å²) in [6.07, 6.45) is -4.39. The summed E-state index contributed by atoms with van der Waals surface area (Å²) in [5, 5.41) is 0. The Morgan fingerprint density at radius 2 is 1.78 bits per heavy atom. The lowest BCUT2D eigenvalue weighted by Crippen LogP contribution is -2.22. The lowest BCUT2D eigenvalue weighted by atomic mass is 10.2. The van der Waals surface area contributed by atoms with Gasteiger partial charge in [0.1, 0.15) is 11.6 Å². The van der Waals surface area contributed by atoms with Crippen molar-refractivity contribution in [2.24, 2.45) is 0 Å². The van der Waals surface area contributed by atoms with Gasteiger partial charge in [-0.2, -0.15) is 28.1 Å². The van der Waals surface area contributed by atoms with Crippen molar-refractivity contribution in [1.82, 2.24) is 29.8 Å². The predicted molar refractivity (Wildman–Crippen MR) is 94.8 cm³/mol. The molecule has 0 saturated carbocycles. The van der Waals surface area contributed by atoms with Crippen LogP contribution in [-0.2, 0) is 19.3 Å². The van der Waals surface area contributed by atoms with Crippen LogP contribution in [0.1, 0.15) is 17.2 Å². The summed E-state index contributed by atoms with van der Waals surface area (Å²) in [4.78, 5) is 23.3. The zero-order chi connectivity index (χ0) is 19.8. The Morgan fingerprint density at radius 3 is 2.44 bits per heavy atom. The van der Waals surface area contributed by atoms with Gasteiger partial charge >= 0.3 is 6.18 Å². The van der Waals surface area contributed by atoms with Gasteiger partial charge in [-0.1, -0.05) is 0 Å². The third-order valence-corrected chi connectivity index (χ3v) is 3.78. The van der Waals surface area contributed by atoms with Crippen molar-refractivity contribution >= 4 is 22.9 Å². The van der Waals surface area contributed by atoms with Crippen molar-refractivity contribution in [1.29, 1.82) is 0 Å². The highest BCUT2D eigenvalue weighted by molar-refractivity contribution is 5.76. The first-order valence-corrected chi connectivity index (χ1v) is 8.04. The van der Waals surface area contributed by atoms with Gasteiger partial charge < -0.3 is 15.6 Å². The molecular formula is C16H19F3N8. The number of rotatable bonds is 5. The fourth-order valence-electron chi connectivity index (χ4n) is 2.56. The molecule has 0 spiro atoms. The molecule has 0 aliphatic rings. The molecular weight excluding hydrogens is 361 g/mol. The Kier molecular flexibility index (Phi) is 4.87. The standard InChI is InChI=1S/C16H19F3N8/c1-26(2)15-24-13(23-14(20)25-15)8-27(3)7-12-21-10-5-4-9(16(17,18)19)6-11(10)22-12/h4-6H,7-8H2,1-3H3,(H,21,22)(H2,20,23,24,25). The molecule has 11 heteroatoms. The van der Waals surface area contributed by atoms with Crippen molar-refractivity contribution < 1.29 is 13.2 Å². The molecule has 3 N–H and O–H groups in total. The molecule has 3 aromatic rings. The zero-order valence-corrected chi connectivity index (χ0v) is 15.0. The Labute approximate surface area is 153 Å². The van der Waals surface area contributed by atoms with Crippen LogP contribution in [0.3, 0.4) is 0 Å². The summed E-state index contributed by atoms with van der Waals surface area (Å²) >= 11 is 0. The number of aromatic amines is 1. The van der Waals surface area contributed by atoms with Crippen LogP contribution < -0.4 is 10.6 Å². The number of hydrogen-bond donors (Lipinski definition) is 2. The van der Waals surface area contributed by atoms with E-state index in [4.69, 9.17) is 5.73 Å². The number of imidazole rings is 1. The molecule has 0 saturated heterocycles. The third kappa shape index (κ3) is 4.42. The molecule has 2 aromatic heterocycles. The van der Waals surface area contributed by atoms with E-state index in [2.05, 4.69) is 24.9 Å². The molecule has 0 fully saturated rings. The Bertz CT molecular complexity index is 950. The molecule has 1 aromatic carbocycles. The number of nitrogens with one attached hydrogen (secondary N) is 1. The van der Waals surface area contributed by atoms with Gasteiger partial charge in [-0.15, -0.1) is 0 Å². The fourth-order valence-corrected chi connectivity index (χ4v) is 2.56. The van der Waals surface area contributed by atoms with Gasteiger partial charge in [0.05, 0.1) is 29.7 Å². The Morgan fingerprint density at radius 1 is 1.04 bits per heavy atom. The Balaban J connectivity index is 1.75. The topological polar surface area (TPSA) is 99.9 Å². The maximum atomic E-state index is 12.8. The smallest absolute Gasteiger partial charge is 0.368 e. The highest BCUT2D eigenvalue weighted by Crippen LogP contribution is 2.30. The minimum Gasteiger partial charge on any atom is -0.368 e. The molecule has 27 heavy (non-hydrogen) atoms. The first kappa shape index (κ1) is 18.8. The van der Waals surface area contributed by atoms with Crippen molar-refractivity contribution in [3.05, 3.63) is 35.4 Å². The number of anilines is 2. The quantitative estimate of drug-likeness (QED) is 0.699. The number of alkyl halides is 3. The van der Waals surface area contributed by atoms with E-state index in [9.17, 15) is 13.2 Å². The van der Waals surface area contributed by atoms with E-state index in [-0.39, 0.29) is 5.95 Å². The second-order valence-corrected chi connectivity index (χ2v) is 6.39. The van der Waals surface area contributed by atoms with E-state index in [0.29, 0.717) is 41.7 Å². The van der Waals surface area contributed by atoms with Gasteiger partial charge in [0.2, 0.25) is 11.9 Å².